The number of hydrogen-bond donors (Lipinski definition) is 1. The van der Waals surface area contributed by atoms with Crippen molar-refractivity contribution in [3.63, 3.8) is 0 Å². The van der Waals surface area contributed by atoms with Crippen LogP contribution in [0.5, 0.6) is 5.75 Å². The maximum atomic E-state index is 5.28. The van der Waals surface area contributed by atoms with Crippen LogP contribution < -0.4 is 10.1 Å². The lowest BCUT2D eigenvalue weighted by Crippen LogP contribution is -2.12. The van der Waals surface area contributed by atoms with Gasteiger partial charge in [0.25, 0.3) is 0 Å². The first-order valence-corrected chi connectivity index (χ1v) is 7.66. The Labute approximate surface area is 125 Å². The number of aryl methyl sites for hydroxylation is 1. The van der Waals surface area contributed by atoms with Crippen molar-refractivity contribution in [3.8, 4) is 5.75 Å². The van der Waals surface area contributed by atoms with Crippen molar-refractivity contribution in [2.24, 2.45) is 0 Å². The van der Waals surface area contributed by atoms with Crippen LogP contribution in [0.4, 0.5) is 0 Å². The molecule has 3 heteroatoms. The molecule has 0 saturated heterocycles. The van der Waals surface area contributed by atoms with Gasteiger partial charge in [0.2, 0.25) is 0 Å². The lowest BCUT2D eigenvalue weighted by molar-refractivity contribution is 0.413. The van der Waals surface area contributed by atoms with E-state index in [1.165, 1.54) is 20.9 Å². The SMILES string of the molecule is CCNCc1cc(C)ccc1Sc1cccc(OC)c1. The van der Waals surface area contributed by atoms with Crippen molar-refractivity contribution in [2.45, 2.75) is 30.2 Å². The van der Waals surface area contributed by atoms with E-state index >= 15 is 0 Å². The van der Waals surface area contributed by atoms with Gasteiger partial charge in [0, 0.05) is 16.3 Å². The highest BCUT2D eigenvalue weighted by Crippen LogP contribution is 2.32. The second-order valence-corrected chi connectivity index (χ2v) is 5.79. The minimum atomic E-state index is 0.898. The topological polar surface area (TPSA) is 21.3 Å². The molecule has 20 heavy (non-hydrogen) atoms. The molecule has 0 aliphatic carbocycles. The third kappa shape index (κ3) is 4.02. The second-order valence-electron chi connectivity index (χ2n) is 4.67. The van der Waals surface area contributed by atoms with E-state index < -0.39 is 0 Å². The molecule has 0 atom stereocenters. The van der Waals surface area contributed by atoms with Gasteiger partial charge in [-0.25, -0.2) is 0 Å². The molecule has 2 rings (SSSR count). The van der Waals surface area contributed by atoms with Gasteiger partial charge < -0.3 is 10.1 Å². The Morgan fingerprint density at radius 3 is 2.75 bits per heavy atom. The quantitative estimate of drug-likeness (QED) is 0.857. The lowest BCUT2D eigenvalue weighted by Gasteiger charge is -2.11. The number of ether oxygens (including phenoxy) is 1. The number of nitrogens with one attached hydrogen (secondary N) is 1. The van der Waals surface area contributed by atoms with Gasteiger partial charge in [0.15, 0.2) is 0 Å². The number of rotatable bonds is 6. The number of methoxy groups -OCH3 is 1. The maximum absolute atomic E-state index is 5.28. The largest absolute Gasteiger partial charge is 0.497 e. The molecule has 0 fully saturated rings. The molecule has 0 unspecified atom stereocenters. The van der Waals surface area contributed by atoms with Gasteiger partial charge in [-0.1, -0.05) is 42.4 Å². The van der Waals surface area contributed by atoms with E-state index in [0.717, 1.165) is 18.8 Å². The third-order valence-corrected chi connectivity index (χ3v) is 4.16. The van der Waals surface area contributed by atoms with Crippen LogP contribution in [0.3, 0.4) is 0 Å². The molecular formula is C17H21NOS. The summed E-state index contributed by atoms with van der Waals surface area (Å²) < 4.78 is 5.28. The molecule has 0 radical (unpaired) electrons. The highest BCUT2D eigenvalue weighted by Gasteiger charge is 2.05. The Morgan fingerprint density at radius 2 is 2.00 bits per heavy atom. The van der Waals surface area contributed by atoms with Crippen molar-refractivity contribution in [3.05, 3.63) is 53.6 Å². The molecule has 0 spiro atoms. The average molecular weight is 287 g/mol. The van der Waals surface area contributed by atoms with Crippen LogP contribution in [0.2, 0.25) is 0 Å². The van der Waals surface area contributed by atoms with Crippen molar-refractivity contribution in [2.75, 3.05) is 13.7 Å². The molecule has 2 nitrogen and oxygen atoms in total. The molecule has 106 valence electrons. The van der Waals surface area contributed by atoms with Gasteiger partial charge in [0.05, 0.1) is 7.11 Å². The summed E-state index contributed by atoms with van der Waals surface area (Å²) >= 11 is 1.78. The Balaban J connectivity index is 2.22. The Bertz CT molecular complexity index is 569. The number of hydrogen-bond acceptors (Lipinski definition) is 3. The zero-order valence-electron chi connectivity index (χ0n) is 12.3. The summed E-state index contributed by atoms with van der Waals surface area (Å²) in [4.78, 5) is 2.50. The summed E-state index contributed by atoms with van der Waals surface area (Å²) in [6, 6.07) is 14.8. The summed E-state index contributed by atoms with van der Waals surface area (Å²) in [7, 11) is 1.70. The minimum absolute atomic E-state index is 0.898. The minimum Gasteiger partial charge on any atom is -0.497 e. The Morgan fingerprint density at radius 1 is 1.15 bits per heavy atom. The van der Waals surface area contributed by atoms with E-state index in [1.54, 1.807) is 18.9 Å². The van der Waals surface area contributed by atoms with Gasteiger partial charge in [-0.3, -0.25) is 0 Å². The van der Waals surface area contributed by atoms with Gasteiger partial charge >= 0.3 is 0 Å². The molecule has 1 N–H and O–H groups in total. The van der Waals surface area contributed by atoms with Crippen LogP contribution in [-0.2, 0) is 6.54 Å². The second kappa shape index (κ2) is 7.36. The van der Waals surface area contributed by atoms with Gasteiger partial charge in [-0.15, -0.1) is 0 Å². The van der Waals surface area contributed by atoms with Crippen molar-refractivity contribution in [1.29, 1.82) is 0 Å². The van der Waals surface area contributed by atoms with Gasteiger partial charge in [-0.05, 0) is 43.3 Å². The van der Waals surface area contributed by atoms with Crippen molar-refractivity contribution < 1.29 is 4.74 Å². The zero-order chi connectivity index (χ0) is 14.4. The fourth-order valence-electron chi connectivity index (χ4n) is 2.00. The third-order valence-electron chi connectivity index (χ3n) is 3.05. The Hall–Kier alpha value is -1.45. The predicted molar refractivity (Wildman–Crippen MR) is 85.7 cm³/mol. The maximum Gasteiger partial charge on any atom is 0.119 e. The standard InChI is InChI=1S/C17H21NOS/c1-4-18-12-14-10-13(2)8-9-17(14)20-16-7-5-6-15(11-16)19-3/h5-11,18H,4,12H2,1-3H3. The monoisotopic (exact) mass is 287 g/mol. The first-order chi connectivity index (χ1) is 9.72. The molecule has 0 amide bonds. The first-order valence-electron chi connectivity index (χ1n) is 6.85. The van der Waals surface area contributed by atoms with E-state index in [2.05, 4.69) is 49.5 Å². The fraction of sp³-hybridized carbons (Fsp3) is 0.294. The van der Waals surface area contributed by atoms with Crippen LogP contribution in [0, 0.1) is 6.92 Å². The predicted octanol–water partition coefficient (Wildman–Crippen LogP) is 4.26. The molecule has 0 heterocycles. The normalized spacial score (nSPS) is 10.6. The molecule has 0 saturated carbocycles. The van der Waals surface area contributed by atoms with E-state index in [4.69, 9.17) is 4.74 Å². The van der Waals surface area contributed by atoms with Crippen LogP contribution in [-0.4, -0.2) is 13.7 Å². The van der Waals surface area contributed by atoms with Crippen molar-refractivity contribution >= 4 is 11.8 Å². The van der Waals surface area contributed by atoms with E-state index in [9.17, 15) is 0 Å². The molecule has 2 aromatic carbocycles. The number of benzene rings is 2. The van der Waals surface area contributed by atoms with Gasteiger partial charge in [-0.2, -0.15) is 0 Å². The summed E-state index contributed by atoms with van der Waals surface area (Å²) in [6.07, 6.45) is 0. The van der Waals surface area contributed by atoms with Crippen LogP contribution >= 0.6 is 11.8 Å². The summed E-state index contributed by atoms with van der Waals surface area (Å²) in [5.41, 5.74) is 2.65. The van der Waals surface area contributed by atoms with E-state index in [0.29, 0.717) is 0 Å². The summed E-state index contributed by atoms with van der Waals surface area (Å²) in [5, 5.41) is 3.40. The summed E-state index contributed by atoms with van der Waals surface area (Å²) in [5.74, 6) is 0.898. The van der Waals surface area contributed by atoms with Crippen LogP contribution in [0.15, 0.2) is 52.3 Å². The first kappa shape index (κ1) is 14.9. The van der Waals surface area contributed by atoms with Crippen molar-refractivity contribution in [1.82, 2.24) is 5.32 Å². The van der Waals surface area contributed by atoms with E-state index in [1.807, 2.05) is 12.1 Å². The van der Waals surface area contributed by atoms with Crippen LogP contribution in [0.1, 0.15) is 18.1 Å². The average Bonchev–Trinajstić information content (AvgIpc) is 2.47. The molecular weight excluding hydrogens is 266 g/mol. The molecule has 0 aliphatic heterocycles. The Kier molecular flexibility index (Phi) is 5.50. The lowest BCUT2D eigenvalue weighted by atomic mass is 10.1. The molecule has 2 aromatic rings. The molecule has 0 bridgehead atoms. The highest BCUT2D eigenvalue weighted by atomic mass is 32.2. The summed E-state index contributed by atoms with van der Waals surface area (Å²) in [6.45, 7) is 6.15. The fourth-order valence-corrected chi connectivity index (χ4v) is 2.97. The zero-order valence-corrected chi connectivity index (χ0v) is 13.1. The molecule has 0 aromatic heterocycles. The highest BCUT2D eigenvalue weighted by molar-refractivity contribution is 7.99. The molecule has 0 aliphatic rings. The van der Waals surface area contributed by atoms with E-state index in [-0.39, 0.29) is 0 Å². The van der Waals surface area contributed by atoms with Crippen LogP contribution in [0.25, 0.3) is 0 Å². The smallest absolute Gasteiger partial charge is 0.119 e. The van der Waals surface area contributed by atoms with Gasteiger partial charge in [0.1, 0.15) is 5.75 Å².